The molecule has 3 rings (SSSR count). The predicted octanol–water partition coefficient (Wildman–Crippen LogP) is 2.34. The zero-order chi connectivity index (χ0) is 18.4. The molecule has 3 aromatic rings. The summed E-state index contributed by atoms with van der Waals surface area (Å²) < 4.78 is 8.99. The fraction of sp³-hybridized carbons (Fsp3) is 0.316. The lowest BCUT2D eigenvalue weighted by Crippen LogP contribution is -2.27. The SMILES string of the molecule is CCOCCn1nc(C)cc1C(=O)NCc1ccccc1-n1ccnc1. The first-order valence-electron chi connectivity index (χ1n) is 8.65. The van der Waals surface area contributed by atoms with Gasteiger partial charge in [-0.2, -0.15) is 5.10 Å². The smallest absolute Gasteiger partial charge is 0.269 e. The Labute approximate surface area is 152 Å². The second kappa shape index (κ2) is 8.44. The van der Waals surface area contributed by atoms with Gasteiger partial charge in [-0.25, -0.2) is 4.98 Å². The van der Waals surface area contributed by atoms with Crippen LogP contribution in [0.2, 0.25) is 0 Å². The number of imidazole rings is 1. The minimum absolute atomic E-state index is 0.150. The third-order valence-electron chi connectivity index (χ3n) is 4.00. The van der Waals surface area contributed by atoms with E-state index in [-0.39, 0.29) is 5.91 Å². The Bertz CT molecular complexity index is 855. The first kappa shape index (κ1) is 17.9. The van der Waals surface area contributed by atoms with Crippen LogP contribution in [0.25, 0.3) is 5.69 Å². The van der Waals surface area contributed by atoms with Crippen molar-refractivity contribution in [3.05, 3.63) is 66.0 Å². The van der Waals surface area contributed by atoms with Gasteiger partial charge in [0.1, 0.15) is 5.69 Å². The highest BCUT2D eigenvalue weighted by Crippen LogP contribution is 2.14. The largest absolute Gasteiger partial charge is 0.380 e. The monoisotopic (exact) mass is 353 g/mol. The van der Waals surface area contributed by atoms with E-state index >= 15 is 0 Å². The Kier molecular flexibility index (Phi) is 5.80. The molecule has 7 nitrogen and oxygen atoms in total. The van der Waals surface area contributed by atoms with E-state index in [4.69, 9.17) is 4.74 Å². The van der Waals surface area contributed by atoms with Gasteiger partial charge in [0.25, 0.3) is 5.91 Å². The summed E-state index contributed by atoms with van der Waals surface area (Å²) in [5.74, 6) is -0.150. The molecule has 0 aliphatic carbocycles. The number of ether oxygens (including phenoxy) is 1. The summed E-state index contributed by atoms with van der Waals surface area (Å²) in [6, 6.07) is 9.71. The maximum atomic E-state index is 12.7. The van der Waals surface area contributed by atoms with Gasteiger partial charge in [0, 0.05) is 25.5 Å². The van der Waals surface area contributed by atoms with E-state index in [9.17, 15) is 4.79 Å². The molecule has 0 aliphatic heterocycles. The standard InChI is InChI=1S/C19H23N5O2/c1-3-26-11-10-24-18(12-15(2)22-24)19(25)21-13-16-6-4-5-7-17(16)23-9-8-20-14-23/h4-9,12,14H,3,10-11,13H2,1-2H3,(H,21,25). The van der Waals surface area contributed by atoms with Crippen LogP contribution in [0.15, 0.2) is 49.1 Å². The molecule has 1 N–H and O–H groups in total. The number of carbonyl (C=O) groups is 1. The number of nitrogens with zero attached hydrogens (tertiary/aromatic N) is 4. The van der Waals surface area contributed by atoms with Crippen LogP contribution in [0.4, 0.5) is 0 Å². The molecule has 1 aromatic carbocycles. The molecule has 0 saturated carbocycles. The third kappa shape index (κ3) is 4.18. The van der Waals surface area contributed by atoms with Crippen molar-refractivity contribution in [2.45, 2.75) is 26.9 Å². The van der Waals surface area contributed by atoms with Crippen molar-refractivity contribution in [2.24, 2.45) is 0 Å². The molecule has 2 aromatic heterocycles. The van der Waals surface area contributed by atoms with Crippen molar-refractivity contribution in [1.29, 1.82) is 0 Å². The summed E-state index contributed by atoms with van der Waals surface area (Å²) in [6.07, 6.45) is 5.36. The van der Waals surface area contributed by atoms with Crippen LogP contribution < -0.4 is 5.32 Å². The fourth-order valence-electron chi connectivity index (χ4n) is 2.77. The van der Waals surface area contributed by atoms with Gasteiger partial charge < -0.3 is 14.6 Å². The van der Waals surface area contributed by atoms with E-state index in [2.05, 4.69) is 15.4 Å². The van der Waals surface area contributed by atoms with Crippen molar-refractivity contribution in [3.8, 4) is 5.69 Å². The molecule has 2 heterocycles. The molecule has 136 valence electrons. The normalized spacial score (nSPS) is 10.8. The van der Waals surface area contributed by atoms with Crippen LogP contribution in [-0.2, 0) is 17.8 Å². The summed E-state index contributed by atoms with van der Waals surface area (Å²) in [5, 5.41) is 7.37. The Morgan fingerprint density at radius 3 is 2.92 bits per heavy atom. The summed E-state index contributed by atoms with van der Waals surface area (Å²) in [6.45, 7) is 5.97. The van der Waals surface area contributed by atoms with Crippen LogP contribution >= 0.6 is 0 Å². The van der Waals surface area contributed by atoms with Crippen molar-refractivity contribution in [1.82, 2.24) is 24.6 Å². The van der Waals surface area contributed by atoms with E-state index in [1.807, 2.05) is 48.9 Å². The highest BCUT2D eigenvalue weighted by Gasteiger charge is 2.14. The van der Waals surface area contributed by atoms with Gasteiger partial charge in [0.2, 0.25) is 0 Å². The minimum atomic E-state index is -0.150. The van der Waals surface area contributed by atoms with Gasteiger partial charge >= 0.3 is 0 Å². The van der Waals surface area contributed by atoms with Gasteiger partial charge in [0.15, 0.2) is 0 Å². The first-order chi connectivity index (χ1) is 12.7. The predicted molar refractivity (Wildman–Crippen MR) is 98.2 cm³/mol. The number of aryl methyl sites for hydroxylation is 1. The molecule has 0 unspecified atom stereocenters. The molecular formula is C19H23N5O2. The molecule has 0 aliphatic rings. The molecule has 0 atom stereocenters. The molecule has 0 fully saturated rings. The number of benzene rings is 1. The molecule has 0 radical (unpaired) electrons. The number of para-hydroxylation sites is 1. The number of rotatable bonds is 8. The molecular weight excluding hydrogens is 330 g/mol. The van der Waals surface area contributed by atoms with Crippen molar-refractivity contribution >= 4 is 5.91 Å². The lowest BCUT2D eigenvalue weighted by molar-refractivity contribution is 0.0933. The average molecular weight is 353 g/mol. The van der Waals surface area contributed by atoms with Crippen LogP contribution in [0.5, 0.6) is 0 Å². The van der Waals surface area contributed by atoms with Crippen LogP contribution in [-0.4, -0.2) is 38.5 Å². The third-order valence-corrected chi connectivity index (χ3v) is 4.00. The van der Waals surface area contributed by atoms with E-state index < -0.39 is 0 Å². The van der Waals surface area contributed by atoms with E-state index in [0.717, 1.165) is 16.9 Å². The number of hydrogen-bond donors (Lipinski definition) is 1. The first-order valence-corrected chi connectivity index (χ1v) is 8.65. The van der Waals surface area contributed by atoms with Crippen molar-refractivity contribution < 1.29 is 9.53 Å². The van der Waals surface area contributed by atoms with Gasteiger partial charge in [-0.1, -0.05) is 18.2 Å². The maximum absolute atomic E-state index is 12.7. The highest BCUT2D eigenvalue weighted by molar-refractivity contribution is 5.92. The Morgan fingerprint density at radius 1 is 1.31 bits per heavy atom. The Hall–Kier alpha value is -2.93. The topological polar surface area (TPSA) is 74.0 Å². The number of aromatic nitrogens is 4. The van der Waals surface area contributed by atoms with Gasteiger partial charge in [-0.3, -0.25) is 9.48 Å². The summed E-state index contributed by atoms with van der Waals surface area (Å²) in [5.41, 5.74) is 3.36. The van der Waals surface area contributed by atoms with Crippen molar-refractivity contribution in [2.75, 3.05) is 13.2 Å². The van der Waals surface area contributed by atoms with Gasteiger partial charge in [0.05, 0.1) is 30.9 Å². The Morgan fingerprint density at radius 2 is 2.15 bits per heavy atom. The quantitative estimate of drug-likeness (QED) is 0.631. The summed E-state index contributed by atoms with van der Waals surface area (Å²) in [4.78, 5) is 16.7. The van der Waals surface area contributed by atoms with Crippen LogP contribution in [0.1, 0.15) is 28.7 Å². The zero-order valence-electron chi connectivity index (χ0n) is 15.1. The van der Waals surface area contributed by atoms with Gasteiger partial charge in [-0.15, -0.1) is 0 Å². The molecule has 0 saturated heterocycles. The molecule has 26 heavy (non-hydrogen) atoms. The maximum Gasteiger partial charge on any atom is 0.269 e. The second-order valence-electron chi connectivity index (χ2n) is 5.87. The minimum Gasteiger partial charge on any atom is -0.380 e. The molecule has 0 spiro atoms. The van der Waals surface area contributed by atoms with E-state index in [1.165, 1.54) is 0 Å². The van der Waals surface area contributed by atoms with Crippen LogP contribution in [0.3, 0.4) is 0 Å². The molecule has 7 heteroatoms. The summed E-state index contributed by atoms with van der Waals surface area (Å²) >= 11 is 0. The lowest BCUT2D eigenvalue weighted by Gasteiger charge is -2.12. The lowest BCUT2D eigenvalue weighted by atomic mass is 10.1. The summed E-state index contributed by atoms with van der Waals surface area (Å²) in [7, 11) is 0. The molecule has 0 bridgehead atoms. The zero-order valence-corrected chi connectivity index (χ0v) is 15.1. The number of hydrogen-bond acceptors (Lipinski definition) is 4. The fourth-order valence-corrected chi connectivity index (χ4v) is 2.77. The number of carbonyl (C=O) groups excluding carboxylic acids is 1. The second-order valence-corrected chi connectivity index (χ2v) is 5.87. The van der Waals surface area contributed by atoms with Gasteiger partial charge in [-0.05, 0) is 31.5 Å². The number of nitrogens with one attached hydrogen (secondary N) is 1. The van der Waals surface area contributed by atoms with Crippen molar-refractivity contribution in [3.63, 3.8) is 0 Å². The van der Waals surface area contributed by atoms with Crippen LogP contribution in [0, 0.1) is 6.92 Å². The van der Waals surface area contributed by atoms with E-state index in [0.29, 0.717) is 32.0 Å². The molecule has 1 amide bonds. The van der Waals surface area contributed by atoms with E-state index in [1.54, 1.807) is 23.3 Å². The highest BCUT2D eigenvalue weighted by atomic mass is 16.5. The average Bonchev–Trinajstić information content (AvgIpc) is 3.30. The number of amides is 1. The Balaban J connectivity index is 1.70.